The summed E-state index contributed by atoms with van der Waals surface area (Å²) in [7, 11) is 0. The minimum Gasteiger partial charge on any atom is -0.502 e. The molecule has 1 spiro atoms. The minimum atomic E-state index is -0.408. The highest BCUT2D eigenvalue weighted by Crippen LogP contribution is 2.70. The van der Waals surface area contributed by atoms with E-state index in [1.807, 2.05) is 33.8 Å². The zero-order chi connectivity index (χ0) is 19.1. The fourth-order valence-corrected chi connectivity index (χ4v) is 5.95. The number of fused-ring (bicyclic) bond motifs is 4. The van der Waals surface area contributed by atoms with Crippen LogP contribution in [0, 0.1) is 27.4 Å². The number of nitro benzene ring substituents is 1. The minimum absolute atomic E-state index is 0.0482. The van der Waals surface area contributed by atoms with E-state index >= 15 is 0 Å². The predicted molar refractivity (Wildman–Crippen MR) is 104 cm³/mol. The fourth-order valence-electron chi connectivity index (χ4n) is 5.95. The molecule has 5 rings (SSSR count). The number of nitro groups is 1. The van der Waals surface area contributed by atoms with Gasteiger partial charge >= 0.3 is 5.69 Å². The van der Waals surface area contributed by atoms with E-state index in [0.29, 0.717) is 17.3 Å². The number of nitrogens with zero attached hydrogens (tertiary/aromatic N) is 1. The third-order valence-corrected chi connectivity index (χ3v) is 6.84. The predicted octanol–water partition coefficient (Wildman–Crippen LogP) is 6.13. The molecule has 142 valence electrons. The normalized spacial score (nSPS) is 32.2. The lowest BCUT2D eigenvalue weighted by molar-refractivity contribution is -0.386. The molecule has 4 aliphatic carbocycles. The lowest BCUT2D eigenvalue weighted by atomic mass is 9.58. The second kappa shape index (κ2) is 7.05. The maximum Gasteiger partial charge on any atom is 0.314 e. The van der Waals surface area contributed by atoms with Crippen molar-refractivity contribution in [2.45, 2.75) is 72.1 Å². The SMILES string of the molecule is CC.CC.O=[N+]([O-])c1c(O)ccc2c1CCC1C2CCC23C=C2CCC13. The Morgan fingerprint density at radius 1 is 1.12 bits per heavy atom. The van der Waals surface area contributed by atoms with Crippen LogP contribution < -0.4 is 0 Å². The molecule has 0 aliphatic heterocycles. The van der Waals surface area contributed by atoms with E-state index in [9.17, 15) is 15.2 Å². The molecular formula is C22H31NO3. The molecule has 0 aromatic heterocycles. The van der Waals surface area contributed by atoms with Crippen molar-refractivity contribution < 1.29 is 10.0 Å². The van der Waals surface area contributed by atoms with Crippen LogP contribution in [0.1, 0.15) is 76.8 Å². The Hall–Kier alpha value is -1.84. The van der Waals surface area contributed by atoms with E-state index in [0.717, 1.165) is 36.3 Å². The number of rotatable bonds is 1. The van der Waals surface area contributed by atoms with E-state index in [-0.39, 0.29) is 11.4 Å². The summed E-state index contributed by atoms with van der Waals surface area (Å²) in [5, 5.41) is 21.2. The Balaban J connectivity index is 0.000000461. The highest BCUT2D eigenvalue weighted by Gasteiger charge is 2.60. The molecule has 1 aromatic carbocycles. The molecule has 4 unspecified atom stereocenters. The Labute approximate surface area is 156 Å². The lowest BCUT2D eigenvalue weighted by Crippen LogP contribution is -2.37. The summed E-state index contributed by atoms with van der Waals surface area (Å²) < 4.78 is 0. The molecule has 4 atom stereocenters. The average Bonchev–Trinajstić information content (AvgIpc) is 3.24. The van der Waals surface area contributed by atoms with Gasteiger partial charge in [-0.1, -0.05) is 45.4 Å². The van der Waals surface area contributed by atoms with E-state index in [1.165, 1.54) is 25.3 Å². The number of hydrogen-bond donors (Lipinski definition) is 1. The van der Waals surface area contributed by atoms with Gasteiger partial charge in [-0.2, -0.15) is 0 Å². The first kappa shape index (κ1) is 18.9. The van der Waals surface area contributed by atoms with Crippen LogP contribution in [0.25, 0.3) is 0 Å². The van der Waals surface area contributed by atoms with Crippen molar-refractivity contribution in [2.24, 2.45) is 17.3 Å². The number of phenols is 1. The van der Waals surface area contributed by atoms with Crippen LogP contribution in [0.3, 0.4) is 0 Å². The Kier molecular flexibility index (Phi) is 5.14. The standard InChI is InChI=1S/C18H19NO3.2C2H6/c20-16-6-4-11-12-7-8-18-9-10(18)1-5-15(18)13(12)2-3-14(11)17(16)19(21)22;2*1-2/h4,6,9,12-13,15,20H,1-3,5,7-8H2;2*1-2H3. The van der Waals surface area contributed by atoms with E-state index in [2.05, 4.69) is 6.08 Å². The quantitative estimate of drug-likeness (QED) is 0.373. The third-order valence-electron chi connectivity index (χ3n) is 6.84. The molecule has 0 saturated heterocycles. The van der Waals surface area contributed by atoms with Crippen molar-refractivity contribution in [1.29, 1.82) is 0 Å². The van der Waals surface area contributed by atoms with Gasteiger partial charge in [0, 0.05) is 11.0 Å². The molecular weight excluding hydrogens is 326 g/mol. The first-order valence-corrected chi connectivity index (χ1v) is 10.3. The fraction of sp³-hybridized carbons (Fsp3) is 0.636. The van der Waals surface area contributed by atoms with Gasteiger partial charge in [-0.05, 0) is 67.9 Å². The van der Waals surface area contributed by atoms with Gasteiger partial charge in [0.15, 0.2) is 5.75 Å². The zero-order valence-corrected chi connectivity index (χ0v) is 16.4. The van der Waals surface area contributed by atoms with Gasteiger partial charge in [0.25, 0.3) is 0 Å². The number of allylic oxidation sites excluding steroid dienone is 2. The molecule has 2 fully saturated rings. The molecule has 2 saturated carbocycles. The van der Waals surface area contributed by atoms with Gasteiger partial charge in [-0.15, -0.1) is 0 Å². The van der Waals surface area contributed by atoms with E-state index < -0.39 is 4.92 Å². The van der Waals surface area contributed by atoms with Crippen LogP contribution in [0.15, 0.2) is 23.8 Å². The van der Waals surface area contributed by atoms with Gasteiger partial charge in [0.1, 0.15) is 0 Å². The van der Waals surface area contributed by atoms with Crippen LogP contribution in [-0.2, 0) is 6.42 Å². The highest BCUT2D eigenvalue weighted by atomic mass is 16.6. The van der Waals surface area contributed by atoms with Crippen LogP contribution in [-0.4, -0.2) is 10.0 Å². The largest absolute Gasteiger partial charge is 0.502 e. The monoisotopic (exact) mass is 357 g/mol. The highest BCUT2D eigenvalue weighted by molar-refractivity contribution is 5.58. The molecule has 4 aliphatic rings. The molecule has 4 heteroatoms. The number of phenolic OH excluding ortho intramolecular Hbond substituents is 1. The summed E-state index contributed by atoms with van der Waals surface area (Å²) in [6, 6.07) is 3.47. The summed E-state index contributed by atoms with van der Waals surface area (Å²) >= 11 is 0. The van der Waals surface area contributed by atoms with Crippen molar-refractivity contribution in [3.63, 3.8) is 0 Å². The maximum atomic E-state index is 11.3. The summed E-state index contributed by atoms with van der Waals surface area (Å²) in [4.78, 5) is 10.9. The average molecular weight is 357 g/mol. The van der Waals surface area contributed by atoms with Crippen LogP contribution in [0.4, 0.5) is 5.69 Å². The topological polar surface area (TPSA) is 63.4 Å². The van der Waals surface area contributed by atoms with Crippen LogP contribution >= 0.6 is 0 Å². The van der Waals surface area contributed by atoms with Gasteiger partial charge in [0.05, 0.1) is 4.92 Å². The van der Waals surface area contributed by atoms with Gasteiger partial charge < -0.3 is 5.11 Å². The lowest BCUT2D eigenvalue weighted by Gasteiger charge is -2.45. The summed E-state index contributed by atoms with van der Waals surface area (Å²) in [5.74, 6) is 1.71. The van der Waals surface area contributed by atoms with Crippen molar-refractivity contribution in [3.8, 4) is 5.75 Å². The van der Waals surface area contributed by atoms with Crippen molar-refractivity contribution in [2.75, 3.05) is 0 Å². The first-order chi connectivity index (χ1) is 12.6. The molecule has 1 N–H and O–H groups in total. The molecule has 4 nitrogen and oxygen atoms in total. The molecule has 26 heavy (non-hydrogen) atoms. The number of hydrogen-bond acceptors (Lipinski definition) is 3. The second-order valence-corrected chi connectivity index (χ2v) is 7.46. The first-order valence-electron chi connectivity index (χ1n) is 10.3. The van der Waals surface area contributed by atoms with Gasteiger partial charge in [-0.3, -0.25) is 10.1 Å². The second-order valence-electron chi connectivity index (χ2n) is 7.46. The molecule has 0 heterocycles. The molecule has 0 radical (unpaired) electrons. The van der Waals surface area contributed by atoms with E-state index in [1.54, 1.807) is 5.57 Å². The van der Waals surface area contributed by atoms with Crippen LogP contribution in [0.5, 0.6) is 5.75 Å². The Morgan fingerprint density at radius 2 is 1.85 bits per heavy atom. The molecule has 0 amide bonds. The van der Waals surface area contributed by atoms with Crippen LogP contribution in [0.2, 0.25) is 0 Å². The summed E-state index contributed by atoms with van der Waals surface area (Å²) in [6.45, 7) is 8.00. The molecule has 0 bridgehead atoms. The van der Waals surface area contributed by atoms with Crippen molar-refractivity contribution >= 4 is 5.69 Å². The Morgan fingerprint density at radius 3 is 2.50 bits per heavy atom. The zero-order valence-electron chi connectivity index (χ0n) is 16.4. The van der Waals surface area contributed by atoms with Crippen molar-refractivity contribution in [1.82, 2.24) is 0 Å². The summed E-state index contributed by atoms with van der Waals surface area (Å²) in [5.41, 5.74) is 4.04. The third kappa shape index (κ3) is 2.57. The molecule has 1 aromatic rings. The van der Waals surface area contributed by atoms with Gasteiger partial charge in [0.2, 0.25) is 0 Å². The number of aromatic hydroxyl groups is 1. The van der Waals surface area contributed by atoms with Crippen molar-refractivity contribution in [3.05, 3.63) is 45.0 Å². The van der Waals surface area contributed by atoms with E-state index in [4.69, 9.17) is 0 Å². The summed E-state index contributed by atoms with van der Waals surface area (Å²) in [6.07, 6.45) is 9.22. The number of benzene rings is 1. The Bertz CT molecular complexity index is 739. The smallest absolute Gasteiger partial charge is 0.314 e. The van der Waals surface area contributed by atoms with Gasteiger partial charge in [-0.25, -0.2) is 0 Å². The maximum absolute atomic E-state index is 11.3.